The molecule has 0 amide bonds. The molecule has 2 aromatic carbocycles. The van der Waals surface area contributed by atoms with Crippen LogP contribution in [0.4, 0.5) is 0 Å². The molecule has 0 radical (unpaired) electrons. The zero-order valence-corrected chi connectivity index (χ0v) is 14.4. The van der Waals surface area contributed by atoms with Crippen molar-refractivity contribution in [3.05, 3.63) is 71.0 Å². The van der Waals surface area contributed by atoms with Gasteiger partial charge in [0.05, 0.1) is 15.1 Å². The van der Waals surface area contributed by atoms with Gasteiger partial charge in [-0.25, -0.2) is 0 Å². The quantitative estimate of drug-likeness (QED) is 0.660. The average Bonchev–Trinajstić information content (AvgIpc) is 2.84. The number of fused-ring (bicyclic) bond motifs is 1. The number of rotatable bonds is 4. The molecule has 0 atom stereocenters. The van der Waals surface area contributed by atoms with Gasteiger partial charge in [0.15, 0.2) is 0 Å². The van der Waals surface area contributed by atoms with Crippen molar-refractivity contribution in [1.82, 2.24) is 4.57 Å². The highest BCUT2D eigenvalue weighted by atomic mass is 35.5. The number of sulfonamides is 1. The Kier molecular flexibility index (Phi) is 4.39. The number of benzene rings is 2. The summed E-state index contributed by atoms with van der Waals surface area (Å²) < 4.78 is 31.6. The predicted molar refractivity (Wildman–Crippen MR) is 94.2 cm³/mol. The van der Waals surface area contributed by atoms with Gasteiger partial charge in [-0.1, -0.05) is 47.2 Å². The molecule has 0 N–H and O–H groups in total. The number of aromatic nitrogens is 1. The molecule has 0 saturated carbocycles. The lowest BCUT2D eigenvalue weighted by molar-refractivity contribution is 0.596. The molecule has 4 nitrogen and oxygen atoms in total. The first kappa shape index (κ1) is 16.0. The standard InChI is InChI=1S/C16H13ClN2O2S2/c1-2-10-19-14-9-8-12(17)11-15(14)22-16(19)18-23(20,21)13-6-4-3-5-7-13/h2-9,11H,1,10H2. The molecule has 23 heavy (non-hydrogen) atoms. The van der Waals surface area contributed by atoms with Crippen LogP contribution < -0.4 is 4.80 Å². The second-order valence-corrected chi connectivity index (χ2v) is 7.83. The van der Waals surface area contributed by atoms with E-state index < -0.39 is 10.0 Å². The zero-order chi connectivity index (χ0) is 16.4. The lowest BCUT2D eigenvalue weighted by Crippen LogP contribution is -2.16. The highest BCUT2D eigenvalue weighted by Crippen LogP contribution is 2.22. The second-order valence-electron chi connectivity index (χ2n) is 4.78. The molecule has 0 aliphatic heterocycles. The van der Waals surface area contributed by atoms with Gasteiger partial charge in [0, 0.05) is 11.6 Å². The van der Waals surface area contributed by atoms with Crippen LogP contribution in [-0.4, -0.2) is 13.0 Å². The minimum Gasteiger partial charge on any atom is -0.312 e. The predicted octanol–water partition coefficient (Wildman–Crippen LogP) is 3.83. The van der Waals surface area contributed by atoms with E-state index in [0.29, 0.717) is 16.4 Å². The third-order valence-electron chi connectivity index (χ3n) is 3.20. The maximum absolute atomic E-state index is 12.5. The molecule has 1 heterocycles. The van der Waals surface area contributed by atoms with Crippen molar-refractivity contribution in [1.29, 1.82) is 0 Å². The Morgan fingerprint density at radius 2 is 1.96 bits per heavy atom. The lowest BCUT2D eigenvalue weighted by Gasteiger charge is -2.01. The summed E-state index contributed by atoms with van der Waals surface area (Å²) in [6, 6.07) is 13.6. The molecule has 3 aromatic rings. The van der Waals surface area contributed by atoms with Gasteiger partial charge in [0.1, 0.15) is 0 Å². The van der Waals surface area contributed by atoms with Crippen molar-refractivity contribution >= 4 is 43.2 Å². The molecule has 0 bridgehead atoms. The van der Waals surface area contributed by atoms with Gasteiger partial charge in [0.25, 0.3) is 10.0 Å². The summed E-state index contributed by atoms with van der Waals surface area (Å²) in [7, 11) is -3.76. The van der Waals surface area contributed by atoms with Crippen LogP contribution in [0.15, 0.2) is 70.5 Å². The van der Waals surface area contributed by atoms with Gasteiger partial charge in [-0.05, 0) is 30.3 Å². The van der Waals surface area contributed by atoms with E-state index in [4.69, 9.17) is 11.6 Å². The smallest absolute Gasteiger partial charge is 0.285 e. The lowest BCUT2D eigenvalue weighted by atomic mass is 10.3. The Morgan fingerprint density at radius 1 is 1.22 bits per heavy atom. The summed E-state index contributed by atoms with van der Waals surface area (Å²) in [5, 5.41) is 0.599. The first-order chi connectivity index (χ1) is 11.0. The maximum Gasteiger partial charge on any atom is 0.285 e. The van der Waals surface area contributed by atoms with Crippen LogP contribution in [0, 0.1) is 0 Å². The van der Waals surface area contributed by atoms with E-state index in [1.807, 2.05) is 10.6 Å². The monoisotopic (exact) mass is 364 g/mol. The number of halogens is 1. The van der Waals surface area contributed by atoms with E-state index in [0.717, 1.165) is 10.2 Å². The topological polar surface area (TPSA) is 51.4 Å². The van der Waals surface area contributed by atoms with Crippen LogP contribution in [0.5, 0.6) is 0 Å². The molecular formula is C16H13ClN2O2S2. The fourth-order valence-corrected chi connectivity index (χ4v) is 4.71. The van der Waals surface area contributed by atoms with Gasteiger partial charge >= 0.3 is 0 Å². The molecule has 7 heteroatoms. The Morgan fingerprint density at radius 3 is 2.65 bits per heavy atom. The van der Waals surface area contributed by atoms with E-state index >= 15 is 0 Å². The van der Waals surface area contributed by atoms with Crippen LogP contribution in [-0.2, 0) is 16.6 Å². The normalized spacial score (nSPS) is 12.7. The van der Waals surface area contributed by atoms with E-state index in [-0.39, 0.29) is 4.90 Å². The van der Waals surface area contributed by atoms with Gasteiger partial charge in [-0.3, -0.25) is 0 Å². The first-order valence-corrected chi connectivity index (χ1v) is 9.40. The van der Waals surface area contributed by atoms with Crippen LogP contribution in [0.2, 0.25) is 5.02 Å². The van der Waals surface area contributed by atoms with E-state index in [1.54, 1.807) is 36.4 Å². The van der Waals surface area contributed by atoms with Crippen LogP contribution in [0.1, 0.15) is 0 Å². The van der Waals surface area contributed by atoms with Crippen LogP contribution in [0.3, 0.4) is 0 Å². The second kappa shape index (κ2) is 6.31. The summed E-state index contributed by atoms with van der Waals surface area (Å²) in [5.74, 6) is 0. The van der Waals surface area contributed by atoms with Crippen molar-refractivity contribution in [3.63, 3.8) is 0 Å². The molecule has 3 rings (SSSR count). The molecule has 0 aliphatic carbocycles. The van der Waals surface area contributed by atoms with Gasteiger partial charge in [-0.15, -0.1) is 11.0 Å². The summed E-state index contributed by atoms with van der Waals surface area (Å²) >= 11 is 7.30. The first-order valence-electron chi connectivity index (χ1n) is 6.77. The van der Waals surface area contributed by atoms with E-state index in [1.165, 1.54) is 23.5 Å². The molecular weight excluding hydrogens is 352 g/mol. The van der Waals surface area contributed by atoms with E-state index in [2.05, 4.69) is 11.0 Å². The highest BCUT2D eigenvalue weighted by molar-refractivity contribution is 7.90. The number of thiazole rings is 1. The Balaban J connectivity index is 2.26. The third kappa shape index (κ3) is 3.24. The van der Waals surface area contributed by atoms with Gasteiger partial charge in [0.2, 0.25) is 4.80 Å². The Bertz CT molecular complexity index is 1030. The minimum absolute atomic E-state index is 0.167. The van der Waals surface area contributed by atoms with Crippen LogP contribution in [0.25, 0.3) is 10.2 Å². The maximum atomic E-state index is 12.5. The Labute approximate surface area is 143 Å². The summed E-state index contributed by atoms with van der Waals surface area (Å²) in [6.45, 7) is 4.19. The summed E-state index contributed by atoms with van der Waals surface area (Å²) in [6.07, 6.45) is 1.70. The van der Waals surface area contributed by atoms with Crippen molar-refractivity contribution < 1.29 is 8.42 Å². The van der Waals surface area contributed by atoms with Gasteiger partial charge < -0.3 is 4.57 Å². The minimum atomic E-state index is -3.76. The number of hydrogen-bond acceptors (Lipinski definition) is 3. The largest absolute Gasteiger partial charge is 0.312 e. The summed E-state index contributed by atoms with van der Waals surface area (Å²) in [4.78, 5) is 0.562. The molecule has 118 valence electrons. The summed E-state index contributed by atoms with van der Waals surface area (Å²) in [5.41, 5.74) is 0.876. The molecule has 0 spiro atoms. The fourth-order valence-electron chi connectivity index (χ4n) is 2.17. The molecule has 0 fully saturated rings. The molecule has 0 unspecified atom stereocenters. The van der Waals surface area contributed by atoms with Crippen molar-refractivity contribution in [3.8, 4) is 0 Å². The van der Waals surface area contributed by atoms with Crippen molar-refractivity contribution in [2.24, 2.45) is 4.40 Å². The van der Waals surface area contributed by atoms with Crippen LogP contribution >= 0.6 is 22.9 Å². The highest BCUT2D eigenvalue weighted by Gasteiger charge is 2.14. The number of allylic oxidation sites excluding steroid dienone is 1. The third-order valence-corrected chi connectivity index (χ3v) is 5.87. The fraction of sp³-hybridized carbons (Fsp3) is 0.0625. The average molecular weight is 365 g/mol. The van der Waals surface area contributed by atoms with E-state index in [9.17, 15) is 8.42 Å². The number of nitrogens with zero attached hydrogens (tertiary/aromatic N) is 2. The zero-order valence-electron chi connectivity index (χ0n) is 12.0. The molecule has 0 saturated heterocycles. The Hall–Kier alpha value is -1.89. The SMILES string of the molecule is C=CCn1c(=NS(=O)(=O)c2ccccc2)sc2cc(Cl)ccc21. The molecule has 1 aromatic heterocycles. The van der Waals surface area contributed by atoms with Gasteiger partial charge in [-0.2, -0.15) is 8.42 Å². The molecule has 0 aliphatic rings. The van der Waals surface area contributed by atoms with Crippen molar-refractivity contribution in [2.75, 3.05) is 0 Å². The number of hydrogen-bond donors (Lipinski definition) is 0. The van der Waals surface area contributed by atoms with Crippen molar-refractivity contribution in [2.45, 2.75) is 11.4 Å².